The molecule has 0 aliphatic heterocycles. The lowest BCUT2D eigenvalue weighted by Gasteiger charge is -1.99. The van der Waals surface area contributed by atoms with Crippen LogP contribution >= 0.6 is 11.3 Å². The molecule has 0 aromatic carbocycles. The fourth-order valence-electron chi connectivity index (χ4n) is 1.28. The van der Waals surface area contributed by atoms with Crippen LogP contribution in [0.5, 0.6) is 0 Å². The highest BCUT2D eigenvalue weighted by Gasteiger charge is 2.12. The van der Waals surface area contributed by atoms with E-state index >= 15 is 0 Å². The van der Waals surface area contributed by atoms with E-state index in [1.165, 1.54) is 11.3 Å². The van der Waals surface area contributed by atoms with Crippen LogP contribution in [0.25, 0.3) is 10.7 Å². The van der Waals surface area contributed by atoms with Crippen LogP contribution in [0, 0.1) is 6.92 Å². The van der Waals surface area contributed by atoms with E-state index in [-0.39, 0.29) is 5.56 Å². The second-order valence-corrected chi connectivity index (χ2v) is 4.13. The number of rotatable bonds is 2. The van der Waals surface area contributed by atoms with Gasteiger partial charge >= 0.3 is 5.97 Å². The Balaban J connectivity index is 2.55. The summed E-state index contributed by atoms with van der Waals surface area (Å²) in [6.45, 7) is 1.90. The third kappa shape index (κ3) is 1.74. The summed E-state index contributed by atoms with van der Waals surface area (Å²) < 4.78 is 0. The third-order valence-electron chi connectivity index (χ3n) is 2.11. The van der Waals surface area contributed by atoms with Crippen molar-refractivity contribution in [2.75, 3.05) is 0 Å². The van der Waals surface area contributed by atoms with Crippen molar-refractivity contribution in [2.24, 2.45) is 0 Å². The summed E-state index contributed by atoms with van der Waals surface area (Å²) >= 11 is 1.45. The molecule has 0 aliphatic rings. The van der Waals surface area contributed by atoms with Gasteiger partial charge in [-0.25, -0.2) is 9.78 Å². The Kier molecular flexibility index (Phi) is 2.57. The third-order valence-corrected chi connectivity index (χ3v) is 3.13. The van der Waals surface area contributed by atoms with Gasteiger partial charge in [-0.2, -0.15) is 0 Å². The van der Waals surface area contributed by atoms with Crippen molar-refractivity contribution in [1.29, 1.82) is 0 Å². The maximum atomic E-state index is 11.4. The number of hydrogen-bond donors (Lipinski definition) is 2. The van der Waals surface area contributed by atoms with Crippen molar-refractivity contribution in [1.82, 2.24) is 9.97 Å². The lowest BCUT2D eigenvalue weighted by Crippen LogP contribution is -2.18. The van der Waals surface area contributed by atoms with Crippen LogP contribution in [0.15, 0.2) is 22.4 Å². The van der Waals surface area contributed by atoms with Crippen LogP contribution in [0.3, 0.4) is 0 Å². The number of thiophene rings is 1. The highest BCUT2D eigenvalue weighted by molar-refractivity contribution is 7.13. The molecule has 0 spiro atoms. The fraction of sp³-hybridized carbons (Fsp3) is 0.100. The molecule has 0 aliphatic carbocycles. The second kappa shape index (κ2) is 3.90. The minimum atomic E-state index is -1.27. The van der Waals surface area contributed by atoms with Crippen LogP contribution in [0.1, 0.15) is 15.9 Å². The Hall–Kier alpha value is -1.95. The molecule has 82 valence electrons. The average molecular weight is 236 g/mol. The van der Waals surface area contributed by atoms with Crippen molar-refractivity contribution >= 4 is 17.3 Å². The first-order chi connectivity index (χ1) is 7.59. The minimum absolute atomic E-state index is 0.349. The van der Waals surface area contributed by atoms with E-state index in [2.05, 4.69) is 9.97 Å². The average Bonchev–Trinajstić information content (AvgIpc) is 2.63. The maximum Gasteiger partial charge on any atom is 0.342 e. The number of nitrogens with zero attached hydrogens (tertiary/aromatic N) is 1. The van der Waals surface area contributed by atoms with Gasteiger partial charge in [0.2, 0.25) is 0 Å². The zero-order valence-corrected chi connectivity index (χ0v) is 9.17. The quantitative estimate of drug-likeness (QED) is 0.827. The Bertz CT molecular complexity index is 600. The van der Waals surface area contributed by atoms with Crippen molar-refractivity contribution in [3.05, 3.63) is 39.1 Å². The zero-order valence-electron chi connectivity index (χ0n) is 8.35. The normalized spacial score (nSPS) is 10.3. The summed E-state index contributed by atoms with van der Waals surface area (Å²) in [6.07, 6.45) is 1.08. The number of aromatic carboxylic acids is 1. The highest BCUT2D eigenvalue weighted by Crippen LogP contribution is 2.24. The number of aryl methyl sites for hydroxylation is 1. The molecule has 0 fully saturated rings. The zero-order chi connectivity index (χ0) is 11.7. The van der Waals surface area contributed by atoms with Crippen LogP contribution in [-0.4, -0.2) is 21.0 Å². The molecule has 2 N–H and O–H groups in total. The van der Waals surface area contributed by atoms with Gasteiger partial charge in [-0.1, -0.05) is 0 Å². The van der Waals surface area contributed by atoms with E-state index in [0.29, 0.717) is 5.82 Å². The number of H-pyrrole nitrogens is 1. The number of nitrogens with one attached hydrogen (secondary N) is 1. The summed E-state index contributed by atoms with van der Waals surface area (Å²) in [7, 11) is 0. The van der Waals surface area contributed by atoms with Gasteiger partial charge in [-0.3, -0.25) is 4.79 Å². The van der Waals surface area contributed by atoms with E-state index in [1.54, 1.807) is 0 Å². The van der Waals surface area contributed by atoms with E-state index in [1.807, 2.05) is 18.4 Å². The Morgan fingerprint density at radius 2 is 2.31 bits per heavy atom. The number of aromatic amines is 1. The van der Waals surface area contributed by atoms with Crippen LogP contribution < -0.4 is 5.56 Å². The second-order valence-electron chi connectivity index (χ2n) is 3.21. The summed E-state index contributed by atoms with van der Waals surface area (Å²) in [4.78, 5) is 29.3. The molecule has 0 saturated carbocycles. The van der Waals surface area contributed by atoms with E-state index < -0.39 is 11.5 Å². The molecule has 0 amide bonds. The number of carboxylic acids is 1. The first kappa shape index (κ1) is 10.6. The van der Waals surface area contributed by atoms with Crippen LogP contribution in [0.2, 0.25) is 0 Å². The summed E-state index contributed by atoms with van der Waals surface area (Å²) in [6, 6.07) is 1.91. The predicted molar refractivity (Wildman–Crippen MR) is 59.9 cm³/mol. The van der Waals surface area contributed by atoms with Gasteiger partial charge in [0.1, 0.15) is 11.4 Å². The molecule has 16 heavy (non-hydrogen) atoms. The van der Waals surface area contributed by atoms with Gasteiger partial charge in [0.05, 0.1) is 4.88 Å². The standard InChI is InChI=1S/C10H8N2O3S/c1-5-2-3-16-7(5)8-11-4-6(10(14)15)9(13)12-8/h2-4H,1H3,(H,14,15)(H,11,12,13). The lowest BCUT2D eigenvalue weighted by atomic mass is 10.2. The van der Waals surface area contributed by atoms with Crippen molar-refractivity contribution < 1.29 is 9.90 Å². The van der Waals surface area contributed by atoms with Crippen molar-refractivity contribution in [2.45, 2.75) is 6.92 Å². The van der Waals surface area contributed by atoms with Crippen molar-refractivity contribution in [3.63, 3.8) is 0 Å². The molecular formula is C10H8N2O3S. The SMILES string of the molecule is Cc1ccsc1-c1ncc(C(=O)O)c(=O)[nH]1. The molecule has 2 rings (SSSR count). The monoisotopic (exact) mass is 236 g/mol. The van der Waals surface area contributed by atoms with Gasteiger partial charge in [0, 0.05) is 6.20 Å². The molecule has 6 heteroatoms. The van der Waals surface area contributed by atoms with Crippen molar-refractivity contribution in [3.8, 4) is 10.7 Å². The Morgan fingerprint density at radius 1 is 1.56 bits per heavy atom. The van der Waals surface area contributed by atoms with Gasteiger partial charge < -0.3 is 10.1 Å². The molecule has 0 radical (unpaired) electrons. The number of carbonyl (C=O) groups is 1. The first-order valence-corrected chi connectivity index (χ1v) is 5.34. The predicted octanol–water partition coefficient (Wildman–Crippen LogP) is 1.51. The van der Waals surface area contributed by atoms with E-state index in [9.17, 15) is 9.59 Å². The van der Waals surface area contributed by atoms with E-state index in [0.717, 1.165) is 16.6 Å². The molecule has 2 aromatic heterocycles. The van der Waals surface area contributed by atoms with Gasteiger partial charge in [0.15, 0.2) is 0 Å². The topological polar surface area (TPSA) is 83.0 Å². The number of carboxylic acid groups (broad SMARTS) is 1. The molecule has 0 saturated heterocycles. The van der Waals surface area contributed by atoms with E-state index in [4.69, 9.17) is 5.11 Å². The lowest BCUT2D eigenvalue weighted by molar-refractivity contribution is 0.0694. The van der Waals surface area contributed by atoms with Crippen LogP contribution in [-0.2, 0) is 0 Å². The Labute approximate surface area is 94.4 Å². The molecule has 0 atom stereocenters. The molecule has 2 aromatic rings. The largest absolute Gasteiger partial charge is 0.477 e. The summed E-state index contributed by atoms with van der Waals surface area (Å²) in [5, 5.41) is 10.6. The first-order valence-electron chi connectivity index (χ1n) is 4.46. The van der Waals surface area contributed by atoms with Gasteiger partial charge in [-0.05, 0) is 23.9 Å². The van der Waals surface area contributed by atoms with Gasteiger partial charge in [-0.15, -0.1) is 11.3 Å². The number of aromatic nitrogens is 2. The summed E-state index contributed by atoms with van der Waals surface area (Å²) in [5.41, 5.74) is 0.0134. The number of hydrogen-bond acceptors (Lipinski definition) is 4. The smallest absolute Gasteiger partial charge is 0.342 e. The molecule has 5 nitrogen and oxygen atoms in total. The highest BCUT2D eigenvalue weighted by atomic mass is 32.1. The minimum Gasteiger partial charge on any atom is -0.477 e. The summed E-state index contributed by atoms with van der Waals surface area (Å²) in [5.74, 6) is -0.870. The molecule has 0 bridgehead atoms. The van der Waals surface area contributed by atoms with Gasteiger partial charge in [0.25, 0.3) is 5.56 Å². The molecule has 2 heterocycles. The van der Waals surface area contributed by atoms with Crippen LogP contribution in [0.4, 0.5) is 0 Å². The fourth-order valence-corrected chi connectivity index (χ4v) is 2.16. The molecule has 0 unspecified atom stereocenters. The maximum absolute atomic E-state index is 11.4. The Morgan fingerprint density at radius 3 is 2.81 bits per heavy atom. The molecular weight excluding hydrogens is 228 g/mol.